The second-order valence-electron chi connectivity index (χ2n) is 5.35. The summed E-state index contributed by atoms with van der Waals surface area (Å²) in [7, 11) is 0. The van der Waals surface area contributed by atoms with E-state index in [0.717, 1.165) is 12.8 Å². The Labute approximate surface area is 112 Å². The number of hydrogen-bond donors (Lipinski definition) is 0. The van der Waals surface area contributed by atoms with Crippen molar-refractivity contribution in [2.45, 2.75) is 44.4 Å². The Bertz CT molecular complexity index is 517. The van der Waals surface area contributed by atoms with E-state index in [2.05, 4.69) is 4.99 Å². The highest BCUT2D eigenvalue weighted by molar-refractivity contribution is 5.75. The van der Waals surface area contributed by atoms with Crippen molar-refractivity contribution in [1.82, 2.24) is 0 Å². The van der Waals surface area contributed by atoms with Crippen molar-refractivity contribution in [3.8, 4) is 0 Å². The van der Waals surface area contributed by atoms with Gasteiger partial charge in [0.15, 0.2) is 5.90 Å². The van der Waals surface area contributed by atoms with E-state index in [1.54, 1.807) is 12.1 Å². The smallest absolute Gasteiger partial charge is 0.181 e. The molecule has 0 aromatic heterocycles. The van der Waals surface area contributed by atoms with E-state index in [4.69, 9.17) is 9.47 Å². The molecule has 1 aromatic carbocycles. The van der Waals surface area contributed by atoms with Gasteiger partial charge in [-0.25, -0.2) is 9.38 Å². The third-order valence-electron chi connectivity index (χ3n) is 3.95. The van der Waals surface area contributed by atoms with Crippen molar-refractivity contribution in [3.05, 3.63) is 35.6 Å². The van der Waals surface area contributed by atoms with Gasteiger partial charge >= 0.3 is 0 Å². The Balaban J connectivity index is 2.09. The molecule has 0 N–H and O–H groups in total. The van der Waals surface area contributed by atoms with E-state index >= 15 is 0 Å². The molecule has 1 saturated heterocycles. The molecule has 102 valence electrons. The first-order valence-corrected chi connectivity index (χ1v) is 6.71. The number of rotatable bonds is 1. The van der Waals surface area contributed by atoms with Crippen LogP contribution in [-0.4, -0.2) is 24.7 Å². The Kier molecular flexibility index (Phi) is 3.05. The van der Waals surface area contributed by atoms with E-state index in [-0.39, 0.29) is 18.0 Å². The molecular formula is C15H18FNO2. The summed E-state index contributed by atoms with van der Waals surface area (Å²) in [5.74, 6) is 0.369. The van der Waals surface area contributed by atoms with Crippen LogP contribution < -0.4 is 0 Å². The molecule has 0 saturated carbocycles. The molecule has 0 bridgehead atoms. The van der Waals surface area contributed by atoms with Crippen LogP contribution in [0, 0.1) is 5.82 Å². The first-order chi connectivity index (χ1) is 9.11. The zero-order valence-corrected chi connectivity index (χ0v) is 11.2. The quantitative estimate of drug-likeness (QED) is 0.779. The maximum absolute atomic E-state index is 14.1. The zero-order valence-electron chi connectivity index (χ0n) is 11.2. The highest BCUT2D eigenvalue weighted by Gasteiger charge is 2.48. The SMILES string of the molecule is CC1=N[C@](C)(c2ccccc2F)[C@H]2OCCC[C@H]2O1. The maximum Gasteiger partial charge on any atom is 0.181 e. The monoisotopic (exact) mass is 263 g/mol. The average Bonchev–Trinajstić information content (AvgIpc) is 2.39. The molecule has 0 aliphatic carbocycles. The molecule has 0 spiro atoms. The molecule has 3 rings (SSSR count). The van der Waals surface area contributed by atoms with E-state index in [1.807, 2.05) is 19.9 Å². The first-order valence-electron chi connectivity index (χ1n) is 6.71. The van der Waals surface area contributed by atoms with Gasteiger partial charge in [0.2, 0.25) is 0 Å². The summed E-state index contributed by atoms with van der Waals surface area (Å²) < 4.78 is 25.7. The Hall–Kier alpha value is -1.42. The predicted octanol–water partition coefficient (Wildman–Crippen LogP) is 3.04. The zero-order chi connectivity index (χ0) is 13.5. The van der Waals surface area contributed by atoms with Crippen LogP contribution in [-0.2, 0) is 15.0 Å². The summed E-state index contributed by atoms with van der Waals surface area (Å²) in [6.45, 7) is 4.44. The molecular weight excluding hydrogens is 245 g/mol. The van der Waals surface area contributed by atoms with Crippen molar-refractivity contribution < 1.29 is 13.9 Å². The molecule has 0 radical (unpaired) electrons. The normalized spacial score (nSPS) is 34.2. The van der Waals surface area contributed by atoms with Crippen LogP contribution in [0.1, 0.15) is 32.3 Å². The lowest BCUT2D eigenvalue weighted by Gasteiger charge is -2.45. The number of aliphatic imine (C=N–C) groups is 1. The van der Waals surface area contributed by atoms with Crippen molar-refractivity contribution in [3.63, 3.8) is 0 Å². The van der Waals surface area contributed by atoms with Gasteiger partial charge < -0.3 is 9.47 Å². The van der Waals surface area contributed by atoms with Gasteiger partial charge in [0, 0.05) is 19.1 Å². The molecule has 3 nitrogen and oxygen atoms in total. The summed E-state index contributed by atoms with van der Waals surface area (Å²) in [5.41, 5.74) is -0.131. The van der Waals surface area contributed by atoms with Crippen LogP contribution in [0.25, 0.3) is 0 Å². The van der Waals surface area contributed by atoms with Gasteiger partial charge in [-0.05, 0) is 25.8 Å². The number of nitrogens with zero attached hydrogens (tertiary/aromatic N) is 1. The lowest BCUT2D eigenvalue weighted by molar-refractivity contribution is -0.114. The fourth-order valence-electron chi connectivity index (χ4n) is 3.12. The summed E-state index contributed by atoms with van der Waals surface area (Å²) >= 11 is 0. The molecule has 3 atom stereocenters. The van der Waals surface area contributed by atoms with E-state index in [0.29, 0.717) is 18.1 Å². The van der Waals surface area contributed by atoms with Crippen molar-refractivity contribution in [1.29, 1.82) is 0 Å². The Morgan fingerprint density at radius 2 is 2.16 bits per heavy atom. The average molecular weight is 263 g/mol. The molecule has 1 aromatic rings. The third kappa shape index (κ3) is 2.04. The molecule has 2 aliphatic heterocycles. The molecule has 2 heterocycles. The molecule has 19 heavy (non-hydrogen) atoms. The fourth-order valence-corrected chi connectivity index (χ4v) is 3.12. The summed E-state index contributed by atoms with van der Waals surface area (Å²) in [6.07, 6.45) is 1.65. The van der Waals surface area contributed by atoms with Crippen molar-refractivity contribution >= 4 is 5.90 Å². The van der Waals surface area contributed by atoms with Crippen molar-refractivity contribution in [2.75, 3.05) is 6.61 Å². The number of benzene rings is 1. The summed E-state index contributed by atoms with van der Waals surface area (Å²) in [5, 5.41) is 0. The van der Waals surface area contributed by atoms with Crippen LogP contribution in [0.5, 0.6) is 0 Å². The minimum atomic E-state index is -0.710. The Morgan fingerprint density at radius 1 is 1.37 bits per heavy atom. The molecule has 2 aliphatic rings. The maximum atomic E-state index is 14.1. The largest absolute Gasteiger partial charge is 0.475 e. The van der Waals surface area contributed by atoms with Crippen molar-refractivity contribution in [2.24, 2.45) is 4.99 Å². The topological polar surface area (TPSA) is 30.8 Å². The molecule has 4 heteroatoms. The molecule has 1 fully saturated rings. The minimum Gasteiger partial charge on any atom is -0.475 e. The number of ether oxygens (including phenoxy) is 2. The first kappa shape index (κ1) is 12.6. The van der Waals surface area contributed by atoms with Crippen LogP contribution in [0.15, 0.2) is 29.3 Å². The van der Waals surface area contributed by atoms with Gasteiger partial charge in [0.25, 0.3) is 0 Å². The number of hydrogen-bond acceptors (Lipinski definition) is 3. The Morgan fingerprint density at radius 3 is 2.95 bits per heavy atom. The molecule has 0 unspecified atom stereocenters. The van der Waals surface area contributed by atoms with E-state index < -0.39 is 5.54 Å². The highest BCUT2D eigenvalue weighted by Crippen LogP contribution is 2.41. The van der Waals surface area contributed by atoms with Crippen LogP contribution in [0.3, 0.4) is 0 Å². The number of halogens is 1. The summed E-state index contributed by atoms with van der Waals surface area (Å²) in [6, 6.07) is 6.78. The lowest BCUT2D eigenvalue weighted by Crippen LogP contribution is -2.53. The van der Waals surface area contributed by atoms with Crippen LogP contribution in [0.4, 0.5) is 4.39 Å². The fraction of sp³-hybridized carbons (Fsp3) is 0.533. The van der Waals surface area contributed by atoms with Gasteiger partial charge in [0.05, 0.1) is 0 Å². The van der Waals surface area contributed by atoms with Gasteiger partial charge in [-0.15, -0.1) is 0 Å². The van der Waals surface area contributed by atoms with Gasteiger partial charge in [-0.1, -0.05) is 18.2 Å². The standard InChI is InChI=1S/C15H18FNO2/c1-10-17-15(2,11-6-3-4-7-12(11)16)14-13(19-10)8-5-9-18-14/h3-4,6-7,13-14H,5,8-9H2,1-2H3/t13-,14+,15-/m1/s1. The van der Waals surface area contributed by atoms with Gasteiger partial charge in [-0.3, -0.25) is 0 Å². The third-order valence-corrected chi connectivity index (χ3v) is 3.95. The summed E-state index contributed by atoms with van der Waals surface area (Å²) in [4.78, 5) is 4.56. The second kappa shape index (κ2) is 4.60. The van der Waals surface area contributed by atoms with Gasteiger partial charge in [0.1, 0.15) is 23.6 Å². The minimum absolute atomic E-state index is 0.0316. The second-order valence-corrected chi connectivity index (χ2v) is 5.35. The van der Waals surface area contributed by atoms with Crippen LogP contribution in [0.2, 0.25) is 0 Å². The predicted molar refractivity (Wildman–Crippen MR) is 70.7 cm³/mol. The van der Waals surface area contributed by atoms with E-state index in [9.17, 15) is 4.39 Å². The van der Waals surface area contributed by atoms with E-state index in [1.165, 1.54) is 6.07 Å². The lowest BCUT2D eigenvalue weighted by atomic mass is 9.81. The van der Waals surface area contributed by atoms with Crippen LogP contribution >= 0.6 is 0 Å². The molecule has 0 amide bonds. The highest BCUT2D eigenvalue weighted by atomic mass is 19.1. The number of fused-ring (bicyclic) bond motifs is 1. The van der Waals surface area contributed by atoms with Gasteiger partial charge in [-0.2, -0.15) is 0 Å².